The Labute approximate surface area is 317 Å². The molecule has 0 bridgehead atoms. The largest absolute Gasteiger partial charge is 0.508 e. The molecule has 0 saturated carbocycles. The number of para-hydroxylation sites is 1. The molecule has 0 aliphatic carbocycles. The lowest BCUT2D eigenvalue weighted by molar-refractivity contribution is -0.135. The summed E-state index contributed by atoms with van der Waals surface area (Å²) >= 11 is 0. The van der Waals surface area contributed by atoms with Gasteiger partial charge in [-0.2, -0.15) is 0 Å². The summed E-state index contributed by atoms with van der Waals surface area (Å²) in [6.45, 7) is 9.86. The van der Waals surface area contributed by atoms with E-state index in [4.69, 9.17) is 5.73 Å². The average Bonchev–Trinajstić information content (AvgIpc) is 3.14. The number of aromatic hydroxyl groups is 1. The van der Waals surface area contributed by atoms with Gasteiger partial charge in [-0.15, -0.1) is 0 Å². The van der Waals surface area contributed by atoms with E-state index in [0.29, 0.717) is 19.5 Å². The summed E-state index contributed by atoms with van der Waals surface area (Å²) in [6.07, 6.45) is 1.35. The number of nitrogens with two attached hydrogens (primary N) is 1. The third-order valence-corrected chi connectivity index (χ3v) is 8.60. The first kappa shape index (κ1) is 42.4. The van der Waals surface area contributed by atoms with Gasteiger partial charge in [0.1, 0.15) is 5.75 Å². The van der Waals surface area contributed by atoms with Crippen LogP contribution in [0.4, 0.5) is 5.69 Å². The van der Waals surface area contributed by atoms with Crippen molar-refractivity contribution >= 4 is 35.2 Å². The summed E-state index contributed by atoms with van der Waals surface area (Å²) in [6, 6.07) is 30.0. The quantitative estimate of drug-likeness (QED) is 0.142. The molecule has 12 nitrogen and oxygen atoms in total. The molecule has 2 atom stereocenters. The molecule has 0 spiro atoms. The number of hydrogen-bond acceptors (Lipinski definition) is 7. The number of rotatable bonds is 10. The minimum Gasteiger partial charge on any atom is -0.508 e. The van der Waals surface area contributed by atoms with Crippen LogP contribution in [0.3, 0.4) is 0 Å². The Kier molecular flexibility index (Phi) is 16.9. The molecule has 12 heteroatoms. The summed E-state index contributed by atoms with van der Waals surface area (Å²) in [5.74, 6) is -0.590. The maximum atomic E-state index is 13.0. The molecule has 4 aromatic carbocycles. The SMILES string of the molecule is CC(=O)NCC(=O)NCc1ccccc1.CC(=O)NCC(=O)Nc1ccccc1.Cc1cc(O)cc(C)c1CC(N)C(=O)N1Cc2ccccc2CC1C. The molecule has 5 rings (SSSR count). The number of nitrogens with one attached hydrogen (secondary N) is 4. The second-order valence-electron chi connectivity index (χ2n) is 13.2. The molecule has 0 aromatic heterocycles. The lowest BCUT2D eigenvalue weighted by Gasteiger charge is -2.36. The van der Waals surface area contributed by atoms with Crippen molar-refractivity contribution in [2.75, 3.05) is 18.4 Å². The van der Waals surface area contributed by atoms with Crippen molar-refractivity contribution < 1.29 is 29.1 Å². The van der Waals surface area contributed by atoms with Gasteiger partial charge in [-0.3, -0.25) is 24.0 Å². The molecule has 286 valence electrons. The Hall–Kier alpha value is -6.01. The number of nitrogens with zero attached hydrogens (tertiary/aromatic N) is 1. The number of fused-ring (bicyclic) bond motifs is 1. The van der Waals surface area contributed by atoms with E-state index < -0.39 is 6.04 Å². The summed E-state index contributed by atoms with van der Waals surface area (Å²) < 4.78 is 0. The third-order valence-electron chi connectivity index (χ3n) is 8.60. The number of hydrogen-bond donors (Lipinski definition) is 6. The van der Waals surface area contributed by atoms with Crippen LogP contribution in [0.1, 0.15) is 54.2 Å². The van der Waals surface area contributed by atoms with E-state index >= 15 is 0 Å². The molecule has 1 heterocycles. The number of carbonyl (C=O) groups is 5. The van der Waals surface area contributed by atoms with Crippen LogP contribution < -0.4 is 27.0 Å². The maximum absolute atomic E-state index is 13.0. The number of amides is 5. The molecule has 4 aromatic rings. The standard InChI is InChI=1S/C21H26N2O2.C11H14N2O2.C10H12N2O2/c1-13-8-18(24)9-14(2)19(13)11-20(22)21(25)23-12-17-7-5-4-6-16(17)10-15(23)3;1-9(14)12-8-11(15)13-7-10-5-3-2-4-6-10;1-8(13)11-7-10(14)12-9-5-3-2-4-6-9/h4-9,15,20,24H,10-12,22H2,1-3H3;2-6H,7-8H2,1H3,(H,12,14)(H,13,15);2-6H,7H2,1H3,(H,11,13)(H,12,14). The van der Waals surface area contributed by atoms with Crippen molar-refractivity contribution in [2.24, 2.45) is 5.73 Å². The highest BCUT2D eigenvalue weighted by Gasteiger charge is 2.30. The summed E-state index contributed by atoms with van der Waals surface area (Å²) in [7, 11) is 0. The normalized spacial score (nSPS) is 13.3. The summed E-state index contributed by atoms with van der Waals surface area (Å²) in [5.41, 5.74) is 13.6. The molecule has 2 unspecified atom stereocenters. The fraction of sp³-hybridized carbons (Fsp3) is 0.310. The zero-order chi connectivity index (χ0) is 39.6. The van der Waals surface area contributed by atoms with Gasteiger partial charge in [0.25, 0.3) is 0 Å². The zero-order valence-electron chi connectivity index (χ0n) is 31.6. The van der Waals surface area contributed by atoms with Crippen molar-refractivity contribution in [1.82, 2.24) is 20.9 Å². The molecule has 0 radical (unpaired) electrons. The van der Waals surface area contributed by atoms with Gasteiger partial charge in [0.15, 0.2) is 0 Å². The molecular formula is C42H52N6O6. The predicted molar refractivity (Wildman–Crippen MR) is 210 cm³/mol. The first-order valence-electron chi connectivity index (χ1n) is 17.8. The van der Waals surface area contributed by atoms with Gasteiger partial charge in [0, 0.05) is 38.7 Å². The van der Waals surface area contributed by atoms with Crippen molar-refractivity contribution in [2.45, 2.75) is 72.6 Å². The van der Waals surface area contributed by atoms with E-state index in [9.17, 15) is 29.1 Å². The van der Waals surface area contributed by atoms with Crippen LogP contribution in [-0.4, -0.2) is 64.7 Å². The van der Waals surface area contributed by atoms with Crippen LogP contribution in [0, 0.1) is 13.8 Å². The van der Waals surface area contributed by atoms with Crippen LogP contribution in [0.5, 0.6) is 5.75 Å². The molecule has 7 N–H and O–H groups in total. The second-order valence-corrected chi connectivity index (χ2v) is 13.2. The van der Waals surface area contributed by atoms with Gasteiger partial charge in [0.2, 0.25) is 29.5 Å². The van der Waals surface area contributed by atoms with Crippen LogP contribution in [0.2, 0.25) is 0 Å². The van der Waals surface area contributed by atoms with E-state index in [-0.39, 0.29) is 54.4 Å². The smallest absolute Gasteiger partial charge is 0.243 e. The molecule has 5 amide bonds. The Morgan fingerprint density at radius 3 is 1.85 bits per heavy atom. The number of phenols is 1. The highest BCUT2D eigenvalue weighted by molar-refractivity contribution is 5.94. The number of aryl methyl sites for hydroxylation is 2. The fourth-order valence-corrected chi connectivity index (χ4v) is 5.78. The minimum absolute atomic E-state index is 0.00419. The molecule has 1 aliphatic heterocycles. The van der Waals surface area contributed by atoms with Crippen LogP contribution in [-0.2, 0) is 49.9 Å². The van der Waals surface area contributed by atoms with E-state index in [1.165, 1.54) is 25.0 Å². The number of carbonyl (C=O) groups excluding carboxylic acids is 5. The Bertz CT molecular complexity index is 1840. The van der Waals surface area contributed by atoms with E-state index in [1.807, 2.05) is 79.4 Å². The van der Waals surface area contributed by atoms with Crippen molar-refractivity contribution in [3.05, 3.63) is 130 Å². The first-order chi connectivity index (χ1) is 25.7. The highest BCUT2D eigenvalue weighted by atomic mass is 16.3. The molecule has 0 saturated heterocycles. The topological polar surface area (TPSA) is 183 Å². The van der Waals surface area contributed by atoms with Crippen molar-refractivity contribution in [1.29, 1.82) is 0 Å². The van der Waals surface area contributed by atoms with Crippen LogP contribution >= 0.6 is 0 Å². The van der Waals surface area contributed by atoms with Gasteiger partial charge in [-0.1, -0.05) is 72.8 Å². The van der Waals surface area contributed by atoms with Crippen LogP contribution in [0.15, 0.2) is 97.1 Å². The summed E-state index contributed by atoms with van der Waals surface area (Å²) in [4.78, 5) is 58.3. The molecule has 54 heavy (non-hydrogen) atoms. The van der Waals surface area contributed by atoms with E-state index in [1.54, 1.807) is 24.3 Å². The van der Waals surface area contributed by atoms with Gasteiger partial charge in [-0.25, -0.2) is 0 Å². The Morgan fingerprint density at radius 1 is 0.759 bits per heavy atom. The van der Waals surface area contributed by atoms with E-state index in [2.05, 4.69) is 40.3 Å². The van der Waals surface area contributed by atoms with Gasteiger partial charge >= 0.3 is 0 Å². The first-order valence-corrected chi connectivity index (χ1v) is 17.8. The number of benzene rings is 4. The Balaban J connectivity index is 0.000000233. The third kappa shape index (κ3) is 14.5. The van der Waals surface area contributed by atoms with Crippen molar-refractivity contribution in [3.8, 4) is 5.75 Å². The maximum Gasteiger partial charge on any atom is 0.243 e. The molecule has 0 fully saturated rings. The van der Waals surface area contributed by atoms with Crippen LogP contribution in [0.25, 0.3) is 0 Å². The molecule has 1 aliphatic rings. The average molecular weight is 737 g/mol. The summed E-state index contributed by atoms with van der Waals surface area (Å²) in [5, 5.41) is 19.9. The Morgan fingerprint density at radius 2 is 1.28 bits per heavy atom. The predicted octanol–water partition coefficient (Wildman–Crippen LogP) is 4.05. The van der Waals surface area contributed by atoms with E-state index in [0.717, 1.165) is 34.4 Å². The fourth-order valence-electron chi connectivity index (χ4n) is 5.78. The van der Waals surface area contributed by atoms with Crippen molar-refractivity contribution in [3.63, 3.8) is 0 Å². The monoisotopic (exact) mass is 736 g/mol. The number of anilines is 1. The minimum atomic E-state index is -0.574. The van der Waals surface area contributed by atoms with Gasteiger partial charge in [0.05, 0.1) is 19.1 Å². The highest BCUT2D eigenvalue weighted by Crippen LogP contribution is 2.25. The lowest BCUT2D eigenvalue weighted by Crippen LogP contribution is -2.50. The van der Waals surface area contributed by atoms with Gasteiger partial charge < -0.3 is 37.0 Å². The lowest BCUT2D eigenvalue weighted by atomic mass is 9.92. The molecular weight excluding hydrogens is 684 g/mol. The number of phenolic OH excluding ortho intramolecular Hbond substituents is 1. The zero-order valence-corrected chi connectivity index (χ0v) is 31.6. The van der Waals surface area contributed by atoms with Gasteiger partial charge in [-0.05, 0) is 91.3 Å². The second kappa shape index (κ2) is 21.5.